The van der Waals surface area contributed by atoms with Crippen LogP contribution in [0.4, 0.5) is 5.69 Å². The number of amides is 2. The molecule has 1 heterocycles. The van der Waals surface area contributed by atoms with Gasteiger partial charge in [0, 0.05) is 23.7 Å². The molecule has 0 bridgehead atoms. The van der Waals surface area contributed by atoms with Crippen molar-refractivity contribution in [1.29, 1.82) is 0 Å². The number of para-hydroxylation sites is 1. The van der Waals surface area contributed by atoms with E-state index >= 15 is 0 Å². The third-order valence-corrected chi connectivity index (χ3v) is 7.26. The fraction of sp³-hybridized carbons (Fsp3) is 0.190. The Balaban J connectivity index is 1.80. The molecule has 7 nitrogen and oxygen atoms in total. The van der Waals surface area contributed by atoms with Crippen molar-refractivity contribution in [1.82, 2.24) is 4.90 Å². The number of amidine groups is 1. The van der Waals surface area contributed by atoms with Crippen LogP contribution in [0.25, 0.3) is 0 Å². The maximum Gasteiger partial charge on any atom is 0.284 e. The molecule has 2 amide bonds. The maximum atomic E-state index is 12.8. The van der Waals surface area contributed by atoms with Crippen LogP contribution in [0.1, 0.15) is 12.0 Å². The fourth-order valence-electron chi connectivity index (χ4n) is 2.85. The first kappa shape index (κ1) is 23.1. The van der Waals surface area contributed by atoms with E-state index in [2.05, 4.69) is 16.3 Å². The number of carbonyl (C=O) groups is 2. The van der Waals surface area contributed by atoms with Crippen molar-refractivity contribution < 1.29 is 18.0 Å². The van der Waals surface area contributed by atoms with E-state index in [0.717, 1.165) is 17.3 Å². The number of nitrogens with one attached hydrogen (secondary N) is 1. The predicted molar refractivity (Wildman–Crippen MR) is 124 cm³/mol. The monoisotopic (exact) mass is 477 g/mol. The van der Waals surface area contributed by atoms with E-state index in [1.54, 1.807) is 12.1 Å². The van der Waals surface area contributed by atoms with Crippen LogP contribution in [0.2, 0.25) is 5.02 Å². The molecule has 10 heteroatoms. The zero-order valence-corrected chi connectivity index (χ0v) is 19.0. The Morgan fingerprint density at radius 2 is 1.94 bits per heavy atom. The zero-order valence-electron chi connectivity index (χ0n) is 16.6. The molecular formula is C21H20ClN3O4S2. The third-order valence-electron chi connectivity index (χ3n) is 4.43. The van der Waals surface area contributed by atoms with Crippen LogP contribution in [0.5, 0.6) is 0 Å². The Morgan fingerprint density at radius 3 is 2.58 bits per heavy atom. The molecule has 1 atom stereocenters. The van der Waals surface area contributed by atoms with E-state index in [0.29, 0.717) is 10.7 Å². The van der Waals surface area contributed by atoms with Gasteiger partial charge < -0.3 is 5.32 Å². The van der Waals surface area contributed by atoms with Crippen molar-refractivity contribution in [3.8, 4) is 0 Å². The van der Waals surface area contributed by atoms with Crippen LogP contribution in [0, 0.1) is 6.92 Å². The molecule has 1 N–H and O–H groups in total. The molecule has 2 aromatic rings. The standard InChI is InChI=1S/C21H20ClN3O4S2/c1-3-12-25-20(27)18(13-19(26)23-17-7-5-4-6-14(17)2)30-21(25)24-31(28,29)16-10-8-15(22)9-11-16/h3-11,18H,1,12-13H2,2H3,(H,23,26). The molecule has 0 aliphatic carbocycles. The van der Waals surface area contributed by atoms with Gasteiger partial charge in [-0.2, -0.15) is 8.42 Å². The average Bonchev–Trinajstić information content (AvgIpc) is 2.98. The number of sulfonamides is 1. The van der Waals surface area contributed by atoms with Gasteiger partial charge in [0.15, 0.2) is 5.17 Å². The summed E-state index contributed by atoms with van der Waals surface area (Å²) in [5, 5.41) is 2.40. The molecule has 162 valence electrons. The Bertz CT molecular complexity index is 1150. The SMILES string of the molecule is C=CCN1C(=O)C(CC(=O)Nc2ccccc2C)SC1=NS(=O)(=O)c1ccc(Cl)cc1. The molecule has 31 heavy (non-hydrogen) atoms. The summed E-state index contributed by atoms with van der Waals surface area (Å²) in [6.07, 6.45) is 1.35. The van der Waals surface area contributed by atoms with E-state index in [1.165, 1.54) is 35.2 Å². The average molecular weight is 478 g/mol. The molecule has 0 radical (unpaired) electrons. The molecular weight excluding hydrogens is 458 g/mol. The summed E-state index contributed by atoms with van der Waals surface area (Å²) in [4.78, 5) is 26.5. The van der Waals surface area contributed by atoms with E-state index in [9.17, 15) is 18.0 Å². The van der Waals surface area contributed by atoms with Gasteiger partial charge in [0.2, 0.25) is 11.8 Å². The quantitative estimate of drug-likeness (QED) is 0.611. The van der Waals surface area contributed by atoms with E-state index in [4.69, 9.17) is 11.6 Å². The van der Waals surface area contributed by atoms with Gasteiger partial charge in [-0.05, 0) is 42.8 Å². The van der Waals surface area contributed by atoms with Gasteiger partial charge in [-0.15, -0.1) is 11.0 Å². The zero-order chi connectivity index (χ0) is 22.6. The van der Waals surface area contributed by atoms with Crippen LogP contribution in [0.15, 0.2) is 70.5 Å². The first-order chi connectivity index (χ1) is 14.7. The number of hydrogen-bond acceptors (Lipinski definition) is 5. The van der Waals surface area contributed by atoms with Crippen LogP contribution in [-0.4, -0.2) is 42.1 Å². The molecule has 1 saturated heterocycles. The highest BCUT2D eigenvalue weighted by Gasteiger charge is 2.39. The van der Waals surface area contributed by atoms with Gasteiger partial charge in [-0.25, -0.2) is 0 Å². The highest BCUT2D eigenvalue weighted by molar-refractivity contribution is 8.16. The Morgan fingerprint density at radius 1 is 1.26 bits per heavy atom. The Kier molecular flexibility index (Phi) is 7.19. The molecule has 0 saturated carbocycles. The topological polar surface area (TPSA) is 95.9 Å². The molecule has 1 aliphatic rings. The van der Waals surface area contributed by atoms with Crippen LogP contribution in [-0.2, 0) is 19.6 Å². The summed E-state index contributed by atoms with van der Waals surface area (Å²) < 4.78 is 29.2. The molecule has 0 aromatic heterocycles. The van der Waals surface area contributed by atoms with E-state index in [-0.39, 0.29) is 28.9 Å². The predicted octanol–water partition coefficient (Wildman–Crippen LogP) is 3.85. The van der Waals surface area contributed by atoms with Gasteiger partial charge >= 0.3 is 0 Å². The first-order valence-electron chi connectivity index (χ1n) is 9.26. The van der Waals surface area contributed by atoms with Crippen molar-refractivity contribution >= 4 is 56.1 Å². The second-order valence-corrected chi connectivity index (χ2v) is 9.92. The van der Waals surface area contributed by atoms with Gasteiger partial charge in [0.05, 0.1) is 4.90 Å². The van der Waals surface area contributed by atoms with Crippen molar-refractivity contribution in [3.63, 3.8) is 0 Å². The molecule has 0 spiro atoms. The largest absolute Gasteiger partial charge is 0.326 e. The summed E-state index contributed by atoms with van der Waals surface area (Å²) in [5.41, 5.74) is 1.55. The van der Waals surface area contributed by atoms with Gasteiger partial charge in [0.25, 0.3) is 10.0 Å². The number of aryl methyl sites for hydroxylation is 1. The van der Waals surface area contributed by atoms with E-state index in [1.807, 2.05) is 19.1 Å². The molecule has 3 rings (SSSR count). The number of nitrogens with zero attached hydrogens (tertiary/aromatic N) is 2. The minimum absolute atomic E-state index is 0.00791. The van der Waals surface area contributed by atoms with Crippen LogP contribution < -0.4 is 5.32 Å². The highest BCUT2D eigenvalue weighted by atomic mass is 35.5. The lowest BCUT2D eigenvalue weighted by molar-refractivity contribution is -0.127. The van der Waals surface area contributed by atoms with Gasteiger partial charge in [-0.3, -0.25) is 14.5 Å². The van der Waals surface area contributed by atoms with Crippen molar-refractivity contribution in [2.24, 2.45) is 4.40 Å². The van der Waals surface area contributed by atoms with Gasteiger partial charge in [-0.1, -0.05) is 47.6 Å². The number of thioether (sulfide) groups is 1. The summed E-state index contributed by atoms with van der Waals surface area (Å²) in [7, 11) is -4.06. The smallest absolute Gasteiger partial charge is 0.284 e. The normalized spacial score (nSPS) is 17.7. The number of anilines is 1. The summed E-state index contributed by atoms with van der Waals surface area (Å²) in [6, 6.07) is 12.9. The third kappa shape index (κ3) is 5.55. The van der Waals surface area contributed by atoms with Crippen LogP contribution >= 0.6 is 23.4 Å². The van der Waals surface area contributed by atoms with Crippen molar-refractivity contribution in [2.45, 2.75) is 23.5 Å². The Labute approximate surface area is 190 Å². The second kappa shape index (κ2) is 9.67. The number of carbonyl (C=O) groups excluding carboxylic acids is 2. The minimum atomic E-state index is -4.06. The van der Waals surface area contributed by atoms with E-state index < -0.39 is 21.2 Å². The number of rotatable bonds is 7. The molecule has 1 unspecified atom stereocenters. The molecule has 1 aliphatic heterocycles. The van der Waals surface area contributed by atoms with Crippen molar-refractivity contribution in [3.05, 3.63) is 71.8 Å². The Hall–Kier alpha value is -2.62. The lowest BCUT2D eigenvalue weighted by Crippen LogP contribution is -2.34. The first-order valence-corrected chi connectivity index (χ1v) is 12.0. The maximum absolute atomic E-state index is 12.8. The summed E-state index contributed by atoms with van der Waals surface area (Å²) in [6.45, 7) is 5.55. The summed E-state index contributed by atoms with van der Waals surface area (Å²) in [5.74, 6) is -0.740. The number of benzene rings is 2. The van der Waals surface area contributed by atoms with Crippen LogP contribution in [0.3, 0.4) is 0 Å². The molecule has 2 aromatic carbocycles. The van der Waals surface area contributed by atoms with Gasteiger partial charge in [0.1, 0.15) is 5.25 Å². The number of halogens is 1. The highest BCUT2D eigenvalue weighted by Crippen LogP contribution is 2.31. The lowest BCUT2D eigenvalue weighted by Gasteiger charge is -2.14. The molecule has 1 fully saturated rings. The lowest BCUT2D eigenvalue weighted by atomic mass is 10.2. The summed E-state index contributed by atoms with van der Waals surface area (Å²) >= 11 is 6.76. The fourth-order valence-corrected chi connectivity index (χ4v) is 5.34. The van der Waals surface area contributed by atoms with Crippen molar-refractivity contribution in [2.75, 3.05) is 11.9 Å². The second-order valence-electron chi connectivity index (χ2n) is 6.71. The minimum Gasteiger partial charge on any atom is -0.326 e. The number of hydrogen-bond donors (Lipinski definition) is 1.